The third-order valence-corrected chi connectivity index (χ3v) is 2.93. The van der Waals surface area contributed by atoms with Gasteiger partial charge in [0.2, 0.25) is 0 Å². The van der Waals surface area contributed by atoms with Crippen LogP contribution in [0.2, 0.25) is 0 Å². The van der Waals surface area contributed by atoms with Crippen LogP contribution in [-0.2, 0) is 0 Å². The molecule has 1 aromatic rings. The van der Waals surface area contributed by atoms with Gasteiger partial charge in [0.15, 0.2) is 0 Å². The lowest BCUT2D eigenvalue weighted by atomic mass is 9.98. The van der Waals surface area contributed by atoms with E-state index in [2.05, 4.69) is 15.3 Å². The Morgan fingerprint density at radius 2 is 2.22 bits per heavy atom. The van der Waals surface area contributed by atoms with Crippen LogP contribution in [0.3, 0.4) is 0 Å². The molecule has 0 bridgehead atoms. The van der Waals surface area contributed by atoms with Crippen LogP contribution in [-0.4, -0.2) is 29.0 Å². The van der Waals surface area contributed by atoms with Crippen molar-refractivity contribution in [2.45, 2.75) is 25.7 Å². The molecule has 102 valence electrons. The van der Waals surface area contributed by atoms with Gasteiger partial charge in [-0.2, -0.15) is 0 Å². The Morgan fingerprint density at radius 3 is 2.72 bits per heavy atom. The van der Waals surface area contributed by atoms with E-state index in [1.165, 1.54) is 6.20 Å². The second kappa shape index (κ2) is 7.51. The smallest absolute Gasteiger partial charge is 0.252 e. The molecule has 0 aromatic carbocycles. The quantitative estimate of drug-likeness (QED) is 0.858. The zero-order valence-electron chi connectivity index (χ0n) is 10.2. The minimum absolute atomic E-state index is 0. The van der Waals surface area contributed by atoms with Gasteiger partial charge in [-0.1, -0.05) is 0 Å². The van der Waals surface area contributed by atoms with Gasteiger partial charge in [-0.15, -0.1) is 24.8 Å². The first kappa shape index (κ1) is 17.1. The van der Waals surface area contributed by atoms with Crippen LogP contribution >= 0.6 is 24.8 Å². The molecule has 3 N–H and O–H groups in total. The second-order valence-electron chi connectivity index (χ2n) is 4.13. The number of rotatable bonds is 2. The molecule has 1 amide bonds. The first-order valence-electron chi connectivity index (χ1n) is 5.52. The fourth-order valence-corrected chi connectivity index (χ4v) is 2.00. The number of carbonyl (C=O) groups is 1. The molecule has 18 heavy (non-hydrogen) atoms. The van der Waals surface area contributed by atoms with E-state index in [0.29, 0.717) is 17.2 Å². The molecule has 1 unspecified atom stereocenters. The minimum atomic E-state index is -0.467. The van der Waals surface area contributed by atoms with Crippen molar-refractivity contribution in [3.05, 3.63) is 23.3 Å². The molecule has 1 atom stereocenters. The standard InChI is InChI=1S/C11H16N4O.2ClH/c1-7-9(10(12)16)6-14-11(15-7)8-3-2-4-13-5-8;;/h6,8,13H,2-5H2,1H3,(H2,12,16);2*1H. The molecule has 0 aliphatic carbocycles. The highest BCUT2D eigenvalue weighted by Crippen LogP contribution is 2.20. The summed E-state index contributed by atoms with van der Waals surface area (Å²) in [5.74, 6) is 0.704. The Labute approximate surface area is 119 Å². The van der Waals surface area contributed by atoms with E-state index >= 15 is 0 Å². The topological polar surface area (TPSA) is 80.9 Å². The average Bonchev–Trinajstić information content (AvgIpc) is 2.29. The summed E-state index contributed by atoms with van der Waals surface area (Å²) in [6.45, 7) is 3.77. The summed E-state index contributed by atoms with van der Waals surface area (Å²) >= 11 is 0. The van der Waals surface area contributed by atoms with Crippen LogP contribution in [0.5, 0.6) is 0 Å². The summed E-state index contributed by atoms with van der Waals surface area (Å²) in [7, 11) is 0. The van der Waals surface area contributed by atoms with Crippen molar-refractivity contribution in [2.24, 2.45) is 5.73 Å². The molecule has 1 saturated heterocycles. The SMILES string of the molecule is Cc1nc(C2CCCNC2)ncc1C(N)=O.Cl.Cl. The van der Waals surface area contributed by atoms with Crippen molar-refractivity contribution in [1.82, 2.24) is 15.3 Å². The third-order valence-electron chi connectivity index (χ3n) is 2.93. The molecule has 7 heteroatoms. The summed E-state index contributed by atoms with van der Waals surface area (Å²) in [6.07, 6.45) is 3.78. The van der Waals surface area contributed by atoms with Crippen LogP contribution < -0.4 is 11.1 Å². The fourth-order valence-electron chi connectivity index (χ4n) is 2.00. The summed E-state index contributed by atoms with van der Waals surface area (Å²) < 4.78 is 0. The first-order valence-corrected chi connectivity index (χ1v) is 5.52. The molecule has 2 heterocycles. The van der Waals surface area contributed by atoms with Crippen LogP contribution in [0.25, 0.3) is 0 Å². The van der Waals surface area contributed by atoms with E-state index in [1.807, 2.05) is 0 Å². The van der Waals surface area contributed by atoms with Gasteiger partial charge in [0, 0.05) is 18.7 Å². The number of hydrogen-bond donors (Lipinski definition) is 2. The van der Waals surface area contributed by atoms with Crippen LogP contribution in [0.1, 0.15) is 40.6 Å². The number of nitrogens with two attached hydrogens (primary N) is 1. The van der Waals surface area contributed by atoms with E-state index in [1.54, 1.807) is 6.92 Å². The number of halogens is 2. The lowest BCUT2D eigenvalue weighted by molar-refractivity contribution is 0.0999. The maximum Gasteiger partial charge on any atom is 0.252 e. The molecule has 0 radical (unpaired) electrons. The Balaban J connectivity index is 0.00000144. The molecule has 1 aliphatic rings. The number of nitrogens with zero attached hydrogens (tertiary/aromatic N) is 2. The molecule has 5 nitrogen and oxygen atoms in total. The summed E-state index contributed by atoms with van der Waals surface area (Å²) in [6, 6.07) is 0. The van der Waals surface area contributed by atoms with Gasteiger partial charge < -0.3 is 11.1 Å². The number of primary amides is 1. The van der Waals surface area contributed by atoms with E-state index in [-0.39, 0.29) is 24.8 Å². The van der Waals surface area contributed by atoms with Crippen molar-refractivity contribution in [1.29, 1.82) is 0 Å². The lowest BCUT2D eigenvalue weighted by Crippen LogP contribution is -2.29. The maximum absolute atomic E-state index is 11.0. The highest BCUT2D eigenvalue weighted by molar-refractivity contribution is 5.93. The van der Waals surface area contributed by atoms with Gasteiger partial charge in [0.1, 0.15) is 5.82 Å². The van der Waals surface area contributed by atoms with E-state index in [4.69, 9.17) is 5.73 Å². The largest absolute Gasteiger partial charge is 0.365 e. The predicted molar refractivity (Wildman–Crippen MR) is 74.6 cm³/mol. The van der Waals surface area contributed by atoms with Crippen molar-refractivity contribution >= 4 is 30.7 Å². The summed E-state index contributed by atoms with van der Waals surface area (Å²) in [5.41, 5.74) is 6.29. The van der Waals surface area contributed by atoms with Crippen molar-refractivity contribution in [3.8, 4) is 0 Å². The molecule has 1 fully saturated rings. The van der Waals surface area contributed by atoms with Crippen LogP contribution in [0, 0.1) is 6.92 Å². The minimum Gasteiger partial charge on any atom is -0.365 e. The zero-order valence-corrected chi connectivity index (χ0v) is 11.8. The van der Waals surface area contributed by atoms with Gasteiger partial charge in [0.25, 0.3) is 5.91 Å². The number of nitrogens with one attached hydrogen (secondary N) is 1. The van der Waals surface area contributed by atoms with Crippen molar-refractivity contribution < 1.29 is 4.79 Å². The third kappa shape index (κ3) is 3.80. The highest BCUT2D eigenvalue weighted by atomic mass is 35.5. The zero-order chi connectivity index (χ0) is 11.5. The van der Waals surface area contributed by atoms with E-state index in [9.17, 15) is 4.79 Å². The van der Waals surface area contributed by atoms with Gasteiger partial charge in [-0.25, -0.2) is 9.97 Å². The number of hydrogen-bond acceptors (Lipinski definition) is 4. The Kier molecular flexibility index (Phi) is 7.13. The Morgan fingerprint density at radius 1 is 1.50 bits per heavy atom. The molecular weight excluding hydrogens is 275 g/mol. The number of amides is 1. The van der Waals surface area contributed by atoms with Gasteiger partial charge in [-0.05, 0) is 26.3 Å². The van der Waals surface area contributed by atoms with Gasteiger partial charge in [-0.3, -0.25) is 4.79 Å². The normalized spacial score (nSPS) is 18.4. The number of aromatic nitrogens is 2. The van der Waals surface area contributed by atoms with Gasteiger partial charge in [0.05, 0.1) is 11.3 Å². The fraction of sp³-hybridized carbons (Fsp3) is 0.545. The maximum atomic E-state index is 11.0. The molecule has 1 aliphatic heterocycles. The monoisotopic (exact) mass is 292 g/mol. The predicted octanol–water partition coefficient (Wildman–Crippen LogP) is 1.19. The lowest BCUT2D eigenvalue weighted by Gasteiger charge is -2.21. The van der Waals surface area contributed by atoms with Gasteiger partial charge >= 0.3 is 0 Å². The van der Waals surface area contributed by atoms with Crippen molar-refractivity contribution in [3.63, 3.8) is 0 Å². The van der Waals surface area contributed by atoms with Crippen LogP contribution in [0.15, 0.2) is 6.20 Å². The summed E-state index contributed by atoms with van der Waals surface area (Å²) in [5, 5.41) is 3.32. The number of aryl methyl sites for hydroxylation is 1. The van der Waals surface area contributed by atoms with E-state index in [0.717, 1.165) is 31.8 Å². The Hall–Kier alpha value is -0.910. The second-order valence-corrected chi connectivity index (χ2v) is 4.13. The molecule has 1 aromatic heterocycles. The first-order chi connectivity index (χ1) is 7.68. The molecule has 2 rings (SSSR count). The molecule has 0 saturated carbocycles. The van der Waals surface area contributed by atoms with E-state index < -0.39 is 5.91 Å². The number of carbonyl (C=O) groups excluding carboxylic acids is 1. The highest BCUT2D eigenvalue weighted by Gasteiger charge is 2.19. The van der Waals surface area contributed by atoms with Crippen LogP contribution in [0.4, 0.5) is 0 Å². The average molecular weight is 293 g/mol. The number of piperidine rings is 1. The molecule has 0 spiro atoms. The summed E-state index contributed by atoms with van der Waals surface area (Å²) in [4.78, 5) is 19.6. The Bertz CT molecular complexity index is 408. The molecular formula is C11H18Cl2N4O. The van der Waals surface area contributed by atoms with Crippen molar-refractivity contribution in [2.75, 3.05) is 13.1 Å².